The predicted octanol–water partition coefficient (Wildman–Crippen LogP) is 1.11. The van der Waals surface area contributed by atoms with Crippen molar-refractivity contribution in [2.24, 2.45) is 0 Å². The number of aliphatic carboxylic acids is 1. The first-order valence-corrected chi connectivity index (χ1v) is 8.33. The van der Waals surface area contributed by atoms with Gasteiger partial charge in [-0.1, -0.05) is 12.1 Å². The number of benzene rings is 1. The fraction of sp³-hybridized carbons (Fsp3) is 0.500. The minimum Gasteiger partial charge on any atom is -0.481 e. The van der Waals surface area contributed by atoms with Gasteiger partial charge in [-0.3, -0.25) is 4.79 Å². The van der Waals surface area contributed by atoms with E-state index in [-0.39, 0.29) is 11.3 Å². The molecule has 0 aliphatic carbocycles. The van der Waals surface area contributed by atoms with Crippen LogP contribution in [0.5, 0.6) is 0 Å². The van der Waals surface area contributed by atoms with E-state index in [1.165, 1.54) is 16.4 Å². The van der Waals surface area contributed by atoms with Gasteiger partial charge in [0.2, 0.25) is 10.0 Å². The molecule has 0 bridgehead atoms. The summed E-state index contributed by atoms with van der Waals surface area (Å²) in [7, 11) is -3.50. The fourth-order valence-corrected chi connectivity index (χ4v) is 3.65. The van der Waals surface area contributed by atoms with E-state index in [1.54, 1.807) is 12.1 Å². The lowest BCUT2D eigenvalue weighted by molar-refractivity contribution is -0.136. The number of carboxylic acids is 1. The highest BCUT2D eigenvalue weighted by Crippen LogP contribution is 2.18. The smallest absolute Gasteiger partial charge is 0.303 e. The zero-order valence-electron chi connectivity index (χ0n) is 11.7. The maximum atomic E-state index is 12.5. The number of hydrogen-bond donors (Lipinski definition) is 1. The first-order chi connectivity index (χ1) is 10.00. The number of carbonyl (C=O) groups is 1. The maximum absolute atomic E-state index is 12.5. The molecule has 7 heteroatoms. The number of rotatable bonds is 5. The zero-order chi connectivity index (χ0) is 15.3. The second kappa shape index (κ2) is 7.02. The summed E-state index contributed by atoms with van der Waals surface area (Å²) in [5, 5.41) is 8.64. The average Bonchev–Trinajstić information content (AvgIpc) is 2.75. The molecule has 6 nitrogen and oxygen atoms in total. The molecule has 1 aromatic carbocycles. The average molecular weight is 313 g/mol. The Morgan fingerprint density at radius 1 is 1.19 bits per heavy atom. The van der Waals surface area contributed by atoms with Gasteiger partial charge in [-0.2, -0.15) is 4.31 Å². The standard InChI is InChI=1S/C14H19NO5S/c16-14(17)7-4-12-2-5-13(6-3-12)21(18,19)15-8-1-10-20-11-9-15/h2-3,5-6H,1,4,7-11H2,(H,16,17). The second-order valence-electron chi connectivity index (χ2n) is 4.91. The number of hydrogen-bond acceptors (Lipinski definition) is 4. The first-order valence-electron chi connectivity index (χ1n) is 6.89. The van der Waals surface area contributed by atoms with Crippen LogP contribution in [0.3, 0.4) is 0 Å². The van der Waals surface area contributed by atoms with Crippen LogP contribution in [0, 0.1) is 0 Å². The van der Waals surface area contributed by atoms with Gasteiger partial charge in [-0.15, -0.1) is 0 Å². The van der Waals surface area contributed by atoms with Crippen LogP contribution in [0.1, 0.15) is 18.4 Å². The van der Waals surface area contributed by atoms with E-state index in [0.717, 1.165) is 5.56 Å². The highest BCUT2D eigenvalue weighted by atomic mass is 32.2. The first kappa shape index (κ1) is 15.9. The molecular weight excluding hydrogens is 294 g/mol. The van der Waals surface area contributed by atoms with Crippen molar-refractivity contribution < 1.29 is 23.1 Å². The Morgan fingerprint density at radius 3 is 2.57 bits per heavy atom. The van der Waals surface area contributed by atoms with Crippen molar-refractivity contribution in [3.8, 4) is 0 Å². The fourth-order valence-electron chi connectivity index (χ4n) is 2.19. The van der Waals surface area contributed by atoms with E-state index >= 15 is 0 Å². The van der Waals surface area contributed by atoms with Crippen LogP contribution >= 0.6 is 0 Å². The molecule has 0 atom stereocenters. The minimum atomic E-state index is -3.50. The summed E-state index contributed by atoms with van der Waals surface area (Å²) >= 11 is 0. The van der Waals surface area contributed by atoms with Crippen molar-refractivity contribution in [2.75, 3.05) is 26.3 Å². The molecule has 1 aliphatic heterocycles. The molecule has 21 heavy (non-hydrogen) atoms. The zero-order valence-corrected chi connectivity index (χ0v) is 12.5. The Morgan fingerprint density at radius 2 is 1.90 bits per heavy atom. The van der Waals surface area contributed by atoms with E-state index in [1.807, 2.05) is 0 Å². The summed E-state index contributed by atoms with van der Waals surface area (Å²) in [4.78, 5) is 10.8. The Bertz CT molecular complexity index is 574. The summed E-state index contributed by atoms with van der Waals surface area (Å²) in [6, 6.07) is 6.42. The molecule has 1 fully saturated rings. The van der Waals surface area contributed by atoms with Crippen molar-refractivity contribution in [2.45, 2.75) is 24.2 Å². The highest BCUT2D eigenvalue weighted by molar-refractivity contribution is 7.89. The third-order valence-corrected chi connectivity index (χ3v) is 5.28. The predicted molar refractivity (Wildman–Crippen MR) is 76.6 cm³/mol. The van der Waals surface area contributed by atoms with Gasteiger partial charge in [-0.05, 0) is 30.5 Å². The highest BCUT2D eigenvalue weighted by Gasteiger charge is 2.25. The summed E-state index contributed by atoms with van der Waals surface area (Å²) in [6.07, 6.45) is 1.12. The van der Waals surface area contributed by atoms with Crippen LogP contribution < -0.4 is 0 Å². The van der Waals surface area contributed by atoms with E-state index in [0.29, 0.717) is 39.1 Å². The molecule has 1 N–H and O–H groups in total. The molecule has 0 aromatic heterocycles. The quantitative estimate of drug-likeness (QED) is 0.880. The molecule has 1 aliphatic rings. The Balaban J connectivity index is 2.10. The summed E-state index contributed by atoms with van der Waals surface area (Å²) in [5.74, 6) is -0.865. The van der Waals surface area contributed by atoms with Gasteiger partial charge in [-0.25, -0.2) is 8.42 Å². The van der Waals surface area contributed by atoms with Crippen molar-refractivity contribution in [1.82, 2.24) is 4.31 Å². The van der Waals surface area contributed by atoms with Gasteiger partial charge in [0.25, 0.3) is 0 Å². The third kappa shape index (κ3) is 4.26. The van der Waals surface area contributed by atoms with Crippen LogP contribution in [-0.2, 0) is 26.0 Å². The van der Waals surface area contributed by atoms with Gasteiger partial charge in [0.15, 0.2) is 0 Å². The lowest BCUT2D eigenvalue weighted by Gasteiger charge is -2.19. The number of ether oxygens (including phenoxy) is 1. The summed E-state index contributed by atoms with van der Waals surface area (Å²) in [6.45, 7) is 1.82. The van der Waals surface area contributed by atoms with Gasteiger partial charge in [0.1, 0.15) is 0 Å². The van der Waals surface area contributed by atoms with Crippen molar-refractivity contribution in [3.63, 3.8) is 0 Å². The molecule has 1 saturated heterocycles. The largest absolute Gasteiger partial charge is 0.481 e. The number of nitrogens with zero attached hydrogens (tertiary/aromatic N) is 1. The SMILES string of the molecule is O=C(O)CCc1ccc(S(=O)(=O)N2CCCOCC2)cc1. The molecule has 2 rings (SSSR count). The minimum absolute atomic E-state index is 0.0373. The topological polar surface area (TPSA) is 83.9 Å². The Labute approximate surface area is 124 Å². The normalized spacial score (nSPS) is 17.3. The van der Waals surface area contributed by atoms with Gasteiger partial charge < -0.3 is 9.84 Å². The van der Waals surface area contributed by atoms with Gasteiger partial charge >= 0.3 is 5.97 Å². The molecule has 116 valence electrons. The van der Waals surface area contributed by atoms with Crippen LogP contribution in [-0.4, -0.2) is 50.1 Å². The van der Waals surface area contributed by atoms with Crippen LogP contribution in [0.4, 0.5) is 0 Å². The maximum Gasteiger partial charge on any atom is 0.303 e. The summed E-state index contributed by atoms with van der Waals surface area (Å²) < 4.78 is 31.7. The van der Waals surface area contributed by atoms with E-state index in [4.69, 9.17) is 9.84 Å². The van der Waals surface area contributed by atoms with Gasteiger partial charge in [0.05, 0.1) is 11.5 Å². The molecule has 0 saturated carbocycles. The molecule has 0 radical (unpaired) electrons. The van der Waals surface area contributed by atoms with Gasteiger partial charge in [0, 0.05) is 26.1 Å². The second-order valence-corrected chi connectivity index (χ2v) is 6.85. The van der Waals surface area contributed by atoms with Crippen molar-refractivity contribution in [1.29, 1.82) is 0 Å². The van der Waals surface area contributed by atoms with Crippen molar-refractivity contribution in [3.05, 3.63) is 29.8 Å². The molecule has 0 spiro atoms. The molecule has 0 unspecified atom stereocenters. The molecule has 1 aromatic rings. The van der Waals surface area contributed by atoms with Crippen LogP contribution in [0.25, 0.3) is 0 Å². The number of carboxylic acid groups (broad SMARTS) is 1. The third-order valence-electron chi connectivity index (χ3n) is 3.37. The lowest BCUT2D eigenvalue weighted by atomic mass is 10.1. The molecule has 0 amide bonds. The Hall–Kier alpha value is -1.44. The Kier molecular flexibility index (Phi) is 5.33. The van der Waals surface area contributed by atoms with E-state index in [9.17, 15) is 13.2 Å². The summed E-state index contributed by atoms with van der Waals surface area (Å²) in [5.41, 5.74) is 0.815. The van der Waals surface area contributed by atoms with E-state index < -0.39 is 16.0 Å². The molecular formula is C14H19NO5S. The lowest BCUT2D eigenvalue weighted by Crippen LogP contribution is -2.33. The van der Waals surface area contributed by atoms with Crippen molar-refractivity contribution >= 4 is 16.0 Å². The number of aryl methyl sites for hydroxylation is 1. The van der Waals surface area contributed by atoms with Crippen LogP contribution in [0.2, 0.25) is 0 Å². The molecule has 1 heterocycles. The monoisotopic (exact) mass is 313 g/mol. The van der Waals surface area contributed by atoms with Crippen LogP contribution in [0.15, 0.2) is 29.2 Å². The number of sulfonamides is 1. The van der Waals surface area contributed by atoms with E-state index in [2.05, 4.69) is 0 Å².